The van der Waals surface area contributed by atoms with Crippen LogP contribution in [0.3, 0.4) is 0 Å². The van der Waals surface area contributed by atoms with E-state index in [0.717, 1.165) is 5.56 Å². The minimum Gasteiger partial charge on any atom is -0.350 e. The van der Waals surface area contributed by atoms with Gasteiger partial charge in [-0.15, -0.1) is 11.3 Å². The molecule has 5 nitrogen and oxygen atoms in total. The average Bonchev–Trinajstić information content (AvgIpc) is 3.12. The van der Waals surface area contributed by atoms with Crippen molar-refractivity contribution in [2.45, 2.75) is 13.3 Å². The van der Waals surface area contributed by atoms with Crippen LogP contribution >= 0.6 is 11.3 Å². The highest BCUT2D eigenvalue weighted by atomic mass is 32.1. The first-order valence-electron chi connectivity index (χ1n) is 9.14. The number of carbonyl (C=O) groups is 1. The molecule has 0 radical (unpaired) electrons. The summed E-state index contributed by atoms with van der Waals surface area (Å²) in [6.07, 6.45) is 0.642. The molecule has 0 fully saturated rings. The smallest absolute Gasteiger partial charge is 0.275 e. The summed E-state index contributed by atoms with van der Waals surface area (Å²) in [4.78, 5) is 24.8. The van der Waals surface area contributed by atoms with E-state index >= 15 is 0 Å². The van der Waals surface area contributed by atoms with Crippen molar-refractivity contribution in [2.75, 3.05) is 6.54 Å². The number of amides is 1. The number of benzene rings is 2. The van der Waals surface area contributed by atoms with Gasteiger partial charge in [0.1, 0.15) is 11.5 Å². The number of fused-ring (bicyclic) bond motifs is 1. The maximum atomic E-state index is 14.1. The van der Waals surface area contributed by atoms with E-state index in [4.69, 9.17) is 0 Å². The quantitative estimate of drug-likeness (QED) is 0.546. The van der Waals surface area contributed by atoms with Gasteiger partial charge in [0.2, 0.25) is 5.43 Å². The number of hydrogen-bond acceptors (Lipinski definition) is 4. The highest BCUT2D eigenvalue weighted by molar-refractivity contribution is 7.17. The number of nitrogens with one attached hydrogen (secondary N) is 1. The van der Waals surface area contributed by atoms with Crippen LogP contribution < -0.4 is 10.7 Å². The predicted octanol–water partition coefficient (Wildman–Crippen LogP) is 3.87. The number of rotatable bonds is 5. The molecule has 0 saturated carbocycles. The van der Waals surface area contributed by atoms with Gasteiger partial charge in [-0.3, -0.25) is 9.59 Å². The van der Waals surface area contributed by atoms with Crippen molar-refractivity contribution in [3.05, 3.63) is 93.0 Å². The molecular formula is C22H18FN3O2S. The zero-order chi connectivity index (χ0) is 20.4. The van der Waals surface area contributed by atoms with E-state index in [1.54, 1.807) is 36.5 Å². The van der Waals surface area contributed by atoms with E-state index in [1.807, 2.05) is 12.1 Å². The maximum Gasteiger partial charge on any atom is 0.275 e. The van der Waals surface area contributed by atoms with Gasteiger partial charge in [0.05, 0.1) is 0 Å². The summed E-state index contributed by atoms with van der Waals surface area (Å²) in [6.45, 7) is 2.01. The number of para-hydroxylation sites is 1. The number of aromatic nitrogens is 2. The molecule has 4 aromatic rings. The molecule has 0 unspecified atom stereocenters. The fourth-order valence-corrected chi connectivity index (χ4v) is 4.19. The highest BCUT2D eigenvalue weighted by Gasteiger charge is 2.16. The van der Waals surface area contributed by atoms with Crippen molar-refractivity contribution in [1.29, 1.82) is 0 Å². The van der Waals surface area contributed by atoms with Crippen molar-refractivity contribution >= 4 is 27.3 Å². The van der Waals surface area contributed by atoms with Crippen molar-refractivity contribution in [3.63, 3.8) is 0 Å². The van der Waals surface area contributed by atoms with Crippen molar-refractivity contribution in [3.8, 4) is 5.69 Å². The fraction of sp³-hybridized carbons (Fsp3) is 0.136. The minimum atomic E-state index is -0.570. The second kappa shape index (κ2) is 7.97. The first-order valence-corrected chi connectivity index (χ1v) is 10.0. The van der Waals surface area contributed by atoms with Gasteiger partial charge in [0.15, 0.2) is 5.69 Å². The van der Waals surface area contributed by atoms with Crippen LogP contribution in [-0.2, 0) is 6.42 Å². The summed E-state index contributed by atoms with van der Waals surface area (Å²) < 4.78 is 16.6. The van der Waals surface area contributed by atoms with Crippen LogP contribution in [0.15, 0.2) is 64.8 Å². The highest BCUT2D eigenvalue weighted by Crippen LogP contribution is 2.25. The number of halogens is 1. The standard InChI is InChI=1S/C22H18FN3O2S/c1-14-12-19(27)21(25-26(14)18-8-4-3-7-17(18)23)22(28)24-11-10-15-13-29-20-9-5-2-6-16(15)20/h2-9,12-13H,10-11H2,1H3,(H,24,28). The molecule has 0 bridgehead atoms. The molecule has 29 heavy (non-hydrogen) atoms. The van der Waals surface area contributed by atoms with Crippen LogP contribution in [0.25, 0.3) is 15.8 Å². The summed E-state index contributed by atoms with van der Waals surface area (Å²) >= 11 is 1.66. The average molecular weight is 407 g/mol. The molecule has 2 aromatic carbocycles. The molecule has 7 heteroatoms. The molecule has 2 aromatic heterocycles. The van der Waals surface area contributed by atoms with Gasteiger partial charge in [0, 0.05) is 23.0 Å². The number of nitrogens with zero attached hydrogens (tertiary/aromatic N) is 2. The molecule has 0 atom stereocenters. The summed E-state index contributed by atoms with van der Waals surface area (Å²) in [5.74, 6) is -1.05. The van der Waals surface area contributed by atoms with Gasteiger partial charge >= 0.3 is 0 Å². The summed E-state index contributed by atoms with van der Waals surface area (Å²) in [5, 5.41) is 10.1. The molecule has 0 aliphatic carbocycles. The van der Waals surface area contributed by atoms with E-state index in [1.165, 1.54) is 26.9 Å². The Labute approximate surface area is 170 Å². The number of thiophene rings is 1. The number of carbonyl (C=O) groups excluding carboxylic acids is 1. The summed E-state index contributed by atoms with van der Waals surface area (Å²) in [6, 6.07) is 15.5. The number of aryl methyl sites for hydroxylation is 1. The lowest BCUT2D eigenvalue weighted by Gasteiger charge is -2.12. The lowest BCUT2D eigenvalue weighted by molar-refractivity contribution is 0.0946. The van der Waals surface area contributed by atoms with Crippen LogP contribution in [-0.4, -0.2) is 22.2 Å². The Balaban J connectivity index is 1.53. The normalized spacial score (nSPS) is 11.0. The second-order valence-corrected chi connectivity index (χ2v) is 7.54. The van der Waals surface area contributed by atoms with Gasteiger partial charge in [-0.25, -0.2) is 9.07 Å². The maximum absolute atomic E-state index is 14.1. The van der Waals surface area contributed by atoms with E-state index in [-0.39, 0.29) is 11.4 Å². The van der Waals surface area contributed by atoms with Gasteiger partial charge < -0.3 is 5.32 Å². The monoisotopic (exact) mass is 407 g/mol. The van der Waals surface area contributed by atoms with Crippen LogP contribution in [0.4, 0.5) is 4.39 Å². The third-order valence-corrected chi connectivity index (χ3v) is 5.66. The Morgan fingerprint density at radius 1 is 1.17 bits per heavy atom. The lowest BCUT2D eigenvalue weighted by Crippen LogP contribution is -2.33. The van der Waals surface area contributed by atoms with E-state index in [2.05, 4.69) is 27.9 Å². The van der Waals surface area contributed by atoms with Crippen LogP contribution in [0.1, 0.15) is 21.7 Å². The third kappa shape index (κ3) is 3.82. The van der Waals surface area contributed by atoms with E-state index in [0.29, 0.717) is 18.7 Å². The zero-order valence-electron chi connectivity index (χ0n) is 15.7. The lowest BCUT2D eigenvalue weighted by atomic mass is 10.1. The first kappa shape index (κ1) is 19.0. The Bertz CT molecular complexity index is 1260. The fourth-order valence-electron chi connectivity index (χ4n) is 3.19. The van der Waals surface area contributed by atoms with Crippen molar-refractivity contribution in [2.24, 2.45) is 0 Å². The second-order valence-electron chi connectivity index (χ2n) is 6.62. The zero-order valence-corrected chi connectivity index (χ0v) is 16.5. The number of hydrogen-bond donors (Lipinski definition) is 1. The largest absolute Gasteiger partial charge is 0.350 e. The Morgan fingerprint density at radius 2 is 1.93 bits per heavy atom. The molecule has 0 spiro atoms. The molecule has 0 aliphatic heterocycles. The Kier molecular flexibility index (Phi) is 5.22. The molecular weight excluding hydrogens is 389 g/mol. The van der Waals surface area contributed by atoms with Gasteiger partial charge in [-0.1, -0.05) is 30.3 Å². The van der Waals surface area contributed by atoms with Crippen LogP contribution in [0.5, 0.6) is 0 Å². The summed E-state index contributed by atoms with van der Waals surface area (Å²) in [7, 11) is 0. The van der Waals surface area contributed by atoms with Crippen molar-refractivity contribution in [1.82, 2.24) is 15.1 Å². The van der Waals surface area contributed by atoms with Gasteiger partial charge in [-0.05, 0) is 47.9 Å². The van der Waals surface area contributed by atoms with E-state index < -0.39 is 17.2 Å². The molecule has 2 heterocycles. The topological polar surface area (TPSA) is 64.0 Å². The molecule has 0 aliphatic rings. The first-order chi connectivity index (χ1) is 14.0. The molecule has 4 rings (SSSR count). The predicted molar refractivity (Wildman–Crippen MR) is 112 cm³/mol. The SMILES string of the molecule is Cc1cc(=O)c(C(=O)NCCc2csc3ccccc23)nn1-c1ccccc1F. The van der Waals surface area contributed by atoms with Crippen LogP contribution in [0.2, 0.25) is 0 Å². The van der Waals surface area contributed by atoms with Gasteiger partial charge in [0.25, 0.3) is 5.91 Å². The summed E-state index contributed by atoms with van der Waals surface area (Å²) in [5.41, 5.74) is 1.03. The molecule has 1 amide bonds. The van der Waals surface area contributed by atoms with Crippen molar-refractivity contribution < 1.29 is 9.18 Å². The molecule has 0 saturated heterocycles. The molecule has 146 valence electrons. The van der Waals surface area contributed by atoms with Gasteiger partial charge in [-0.2, -0.15) is 5.10 Å². The Morgan fingerprint density at radius 3 is 2.76 bits per heavy atom. The van der Waals surface area contributed by atoms with E-state index in [9.17, 15) is 14.0 Å². The minimum absolute atomic E-state index is 0.184. The van der Waals surface area contributed by atoms with Crippen LogP contribution in [0, 0.1) is 12.7 Å². The molecule has 1 N–H and O–H groups in total. The third-order valence-electron chi connectivity index (χ3n) is 4.64. The Hall–Kier alpha value is -3.32.